The molecular formula is C9H18O4PW-. The molecule has 0 aromatic carbocycles. The van der Waals surface area contributed by atoms with Crippen LogP contribution in [-0.4, -0.2) is 49.9 Å². The van der Waals surface area contributed by atoms with Gasteiger partial charge in [-0.15, -0.1) is 0 Å². The molecule has 90 valence electrons. The molecule has 0 spiro atoms. The van der Waals surface area contributed by atoms with Gasteiger partial charge in [0.1, 0.15) is 7.34 Å². The first-order valence-electron chi connectivity index (χ1n) is 4.54. The molecule has 1 saturated heterocycles. The van der Waals surface area contributed by atoms with Crippen molar-refractivity contribution in [3.8, 4) is 0 Å². The molecule has 1 aliphatic heterocycles. The topological polar surface area (TPSA) is 47.9 Å². The number of rotatable bonds is 4. The quantitative estimate of drug-likeness (QED) is 0.559. The fourth-order valence-electron chi connectivity index (χ4n) is 1.45. The molecule has 0 radical (unpaired) electrons. The van der Waals surface area contributed by atoms with Crippen molar-refractivity contribution in [1.29, 1.82) is 0 Å². The van der Waals surface area contributed by atoms with E-state index in [4.69, 9.17) is 14.0 Å². The van der Waals surface area contributed by atoms with E-state index in [1.165, 1.54) is 0 Å². The standard InChI is InChI=1S/C9H18O4P.W/c1-7-5-8(13-14(3,4)10)9(12-7)6-11-2;/h5,7-10H,3,6H2,1-2,4H3;/q-1;. The first-order chi connectivity index (χ1) is 6.42. The van der Waals surface area contributed by atoms with Crippen LogP contribution in [0.3, 0.4) is 0 Å². The second-order valence-corrected chi connectivity index (χ2v) is 5.96. The largest absolute Gasteiger partial charge is 0.405 e. The SMILES string of the molecule is C=P(C)(O)OC1[CH-]C(C)OC1COC.[W]. The van der Waals surface area contributed by atoms with E-state index >= 15 is 0 Å². The fraction of sp³-hybridized carbons (Fsp3) is 0.778. The van der Waals surface area contributed by atoms with Crippen LogP contribution < -0.4 is 0 Å². The molecule has 0 amide bonds. The molecule has 0 saturated carbocycles. The molecule has 1 heterocycles. The number of hydrogen-bond acceptors (Lipinski definition) is 4. The molecule has 4 nitrogen and oxygen atoms in total. The smallest absolute Gasteiger partial charge is 0.109 e. The normalized spacial score (nSPS) is 34.5. The Morgan fingerprint density at radius 3 is 2.67 bits per heavy atom. The molecule has 1 fully saturated rings. The third-order valence-electron chi connectivity index (χ3n) is 1.90. The van der Waals surface area contributed by atoms with Crippen molar-refractivity contribution < 1.29 is 40.0 Å². The van der Waals surface area contributed by atoms with Gasteiger partial charge < -0.3 is 18.9 Å². The summed E-state index contributed by atoms with van der Waals surface area (Å²) in [5, 5.41) is 0. The first kappa shape index (κ1) is 15.8. The minimum atomic E-state index is -2.47. The Labute approximate surface area is 106 Å². The van der Waals surface area contributed by atoms with Crippen molar-refractivity contribution >= 4 is 13.6 Å². The van der Waals surface area contributed by atoms with Gasteiger partial charge in [0.25, 0.3) is 0 Å². The average molecular weight is 405 g/mol. The third kappa shape index (κ3) is 5.63. The van der Waals surface area contributed by atoms with Crippen molar-refractivity contribution in [1.82, 2.24) is 0 Å². The van der Waals surface area contributed by atoms with E-state index in [0.29, 0.717) is 6.61 Å². The molecule has 6 heteroatoms. The van der Waals surface area contributed by atoms with Gasteiger partial charge in [-0.1, -0.05) is 19.3 Å². The molecule has 0 aromatic heterocycles. The summed E-state index contributed by atoms with van der Waals surface area (Å²) in [6, 6.07) is 0. The maximum absolute atomic E-state index is 9.51. The van der Waals surface area contributed by atoms with E-state index < -0.39 is 7.34 Å². The van der Waals surface area contributed by atoms with E-state index in [1.807, 2.05) is 13.3 Å². The van der Waals surface area contributed by atoms with Crippen LogP contribution in [0, 0.1) is 6.42 Å². The van der Waals surface area contributed by atoms with Gasteiger partial charge in [0.2, 0.25) is 0 Å². The van der Waals surface area contributed by atoms with Crippen LogP contribution in [0.5, 0.6) is 0 Å². The van der Waals surface area contributed by atoms with Crippen LogP contribution in [0.1, 0.15) is 6.92 Å². The maximum Gasteiger partial charge on any atom is 0.109 e. The number of hydrogen-bond donors (Lipinski definition) is 1. The minimum Gasteiger partial charge on any atom is -0.405 e. The van der Waals surface area contributed by atoms with Crippen molar-refractivity contribution in [3.63, 3.8) is 0 Å². The summed E-state index contributed by atoms with van der Waals surface area (Å²) in [6.07, 6.45) is 5.18. The van der Waals surface area contributed by atoms with Gasteiger partial charge >= 0.3 is 0 Å². The van der Waals surface area contributed by atoms with Crippen LogP contribution in [0.2, 0.25) is 0 Å². The Kier molecular flexibility index (Phi) is 6.90. The summed E-state index contributed by atoms with van der Waals surface area (Å²) in [5.74, 6) is 0. The van der Waals surface area contributed by atoms with E-state index in [0.717, 1.165) is 0 Å². The summed E-state index contributed by atoms with van der Waals surface area (Å²) in [6.45, 7) is 4.00. The zero-order valence-corrected chi connectivity index (χ0v) is 13.1. The number of ether oxygens (including phenoxy) is 2. The fourth-order valence-corrected chi connectivity index (χ4v) is 2.18. The molecule has 1 aliphatic rings. The van der Waals surface area contributed by atoms with Gasteiger partial charge in [-0.05, 0) is 6.10 Å². The predicted octanol–water partition coefficient (Wildman–Crippen LogP) is 0.909. The van der Waals surface area contributed by atoms with Gasteiger partial charge in [0.05, 0.1) is 12.7 Å². The van der Waals surface area contributed by atoms with E-state index in [9.17, 15) is 4.89 Å². The predicted molar refractivity (Wildman–Crippen MR) is 57.6 cm³/mol. The van der Waals surface area contributed by atoms with Crippen molar-refractivity contribution in [3.05, 3.63) is 6.42 Å². The zero-order chi connectivity index (χ0) is 10.8. The Bertz CT molecular complexity index is 230. The first-order valence-corrected chi connectivity index (χ1v) is 6.83. The molecule has 4 atom stereocenters. The van der Waals surface area contributed by atoms with Gasteiger partial charge in [0.15, 0.2) is 0 Å². The second-order valence-electron chi connectivity index (χ2n) is 3.65. The van der Waals surface area contributed by atoms with Crippen LogP contribution >= 0.6 is 7.34 Å². The molecule has 15 heavy (non-hydrogen) atoms. The minimum absolute atomic E-state index is 0. The molecule has 0 aromatic rings. The second kappa shape index (κ2) is 6.54. The maximum atomic E-state index is 9.51. The van der Waals surface area contributed by atoms with Gasteiger partial charge in [-0.3, -0.25) is 6.42 Å². The summed E-state index contributed by atoms with van der Waals surface area (Å²) in [5.41, 5.74) is 0. The Balaban J connectivity index is 0.00000196. The summed E-state index contributed by atoms with van der Waals surface area (Å²) in [7, 11) is -0.857. The van der Waals surface area contributed by atoms with E-state index in [2.05, 4.69) is 6.30 Å². The van der Waals surface area contributed by atoms with Crippen molar-refractivity contribution in [2.75, 3.05) is 20.4 Å². The number of methoxy groups -OCH3 is 1. The Morgan fingerprint density at radius 1 is 1.60 bits per heavy atom. The van der Waals surface area contributed by atoms with Crippen LogP contribution in [0.25, 0.3) is 0 Å². The molecular weight excluding hydrogens is 387 g/mol. The summed E-state index contributed by atoms with van der Waals surface area (Å²) >= 11 is 0. The Morgan fingerprint density at radius 2 is 2.20 bits per heavy atom. The average Bonchev–Trinajstić information content (AvgIpc) is 2.28. The van der Waals surface area contributed by atoms with Crippen molar-refractivity contribution in [2.45, 2.75) is 25.2 Å². The van der Waals surface area contributed by atoms with Crippen LogP contribution in [0.15, 0.2) is 0 Å². The molecule has 1 N–H and O–H groups in total. The van der Waals surface area contributed by atoms with E-state index in [-0.39, 0.29) is 39.4 Å². The third-order valence-corrected chi connectivity index (χ3v) is 2.59. The molecule has 1 rings (SSSR count). The Hall–Kier alpha value is 0.828. The molecule has 0 bridgehead atoms. The molecule has 4 unspecified atom stereocenters. The monoisotopic (exact) mass is 405 g/mol. The van der Waals surface area contributed by atoms with E-state index in [1.54, 1.807) is 13.8 Å². The van der Waals surface area contributed by atoms with Crippen LogP contribution in [0.4, 0.5) is 0 Å². The van der Waals surface area contributed by atoms with Crippen LogP contribution in [-0.2, 0) is 35.1 Å². The van der Waals surface area contributed by atoms with Gasteiger partial charge in [0, 0.05) is 34.8 Å². The molecule has 0 aliphatic carbocycles. The van der Waals surface area contributed by atoms with Gasteiger partial charge in [-0.25, -0.2) is 0 Å². The summed E-state index contributed by atoms with van der Waals surface area (Å²) < 4.78 is 16.0. The zero-order valence-electron chi connectivity index (χ0n) is 9.25. The van der Waals surface area contributed by atoms with Gasteiger partial charge in [-0.2, -0.15) is 0 Å². The summed E-state index contributed by atoms with van der Waals surface area (Å²) in [4.78, 5) is 9.51. The van der Waals surface area contributed by atoms with Crippen molar-refractivity contribution in [2.24, 2.45) is 0 Å².